The van der Waals surface area contributed by atoms with Gasteiger partial charge < -0.3 is 15.0 Å². The van der Waals surface area contributed by atoms with Gasteiger partial charge in [0.1, 0.15) is 17.6 Å². The van der Waals surface area contributed by atoms with Crippen LogP contribution in [0.1, 0.15) is 12.5 Å². The minimum Gasteiger partial charge on any atom is -0.484 e. The monoisotopic (exact) mass is 422 g/mol. The molecule has 0 aromatic heterocycles. The van der Waals surface area contributed by atoms with Gasteiger partial charge in [-0.15, -0.1) is 0 Å². The highest BCUT2D eigenvalue weighted by Crippen LogP contribution is 2.16. The van der Waals surface area contributed by atoms with Crippen molar-refractivity contribution in [2.24, 2.45) is 0 Å². The smallest absolute Gasteiger partial charge is 0.261 e. The third-order valence-corrected chi connectivity index (χ3v) is 4.32. The molecule has 0 spiro atoms. The average Bonchev–Trinajstić information content (AvgIpc) is 2.64. The maximum absolute atomic E-state index is 12.9. The zero-order valence-electron chi connectivity index (χ0n) is 14.5. The van der Waals surface area contributed by atoms with Crippen LogP contribution in [0.25, 0.3) is 0 Å². The minimum atomic E-state index is -0.664. The maximum atomic E-state index is 12.9. The van der Waals surface area contributed by atoms with Crippen molar-refractivity contribution in [2.75, 3.05) is 13.7 Å². The van der Waals surface area contributed by atoms with Gasteiger partial charge in [0.15, 0.2) is 6.61 Å². The standard InChI is InChI=1S/C19H20BrFN2O3/c1-13(19(25)22-2)23(11-14-4-3-5-15(20)10-14)18(24)12-26-17-8-6-16(21)7-9-17/h3-10,13H,11-12H2,1-2H3,(H,22,25). The molecule has 0 heterocycles. The van der Waals surface area contributed by atoms with Crippen molar-refractivity contribution >= 4 is 27.7 Å². The van der Waals surface area contributed by atoms with E-state index >= 15 is 0 Å². The molecule has 0 saturated carbocycles. The Kier molecular flexibility index (Phi) is 7.15. The molecular weight excluding hydrogens is 403 g/mol. The molecule has 1 unspecified atom stereocenters. The van der Waals surface area contributed by atoms with Crippen LogP contribution in [0.2, 0.25) is 0 Å². The van der Waals surface area contributed by atoms with Gasteiger partial charge in [0.05, 0.1) is 0 Å². The number of likely N-dealkylation sites (N-methyl/N-ethyl adjacent to an activating group) is 1. The Balaban J connectivity index is 2.12. The molecule has 7 heteroatoms. The number of ether oxygens (including phenoxy) is 1. The molecule has 0 aliphatic heterocycles. The van der Waals surface area contributed by atoms with E-state index in [9.17, 15) is 14.0 Å². The fourth-order valence-corrected chi connectivity index (χ4v) is 2.83. The summed E-state index contributed by atoms with van der Waals surface area (Å²) in [6.45, 7) is 1.67. The molecule has 0 saturated heterocycles. The van der Waals surface area contributed by atoms with Crippen LogP contribution < -0.4 is 10.1 Å². The third-order valence-electron chi connectivity index (χ3n) is 3.83. The Bertz CT molecular complexity index is 768. The highest BCUT2D eigenvalue weighted by atomic mass is 79.9. The van der Waals surface area contributed by atoms with Crippen LogP contribution in [-0.2, 0) is 16.1 Å². The number of halogens is 2. The summed E-state index contributed by atoms with van der Waals surface area (Å²) in [5.41, 5.74) is 0.880. The van der Waals surface area contributed by atoms with Crippen molar-refractivity contribution in [2.45, 2.75) is 19.5 Å². The zero-order valence-corrected chi connectivity index (χ0v) is 16.1. The maximum Gasteiger partial charge on any atom is 0.261 e. The Labute approximate surface area is 160 Å². The highest BCUT2D eigenvalue weighted by Gasteiger charge is 2.25. The van der Waals surface area contributed by atoms with Crippen molar-refractivity contribution in [3.8, 4) is 5.75 Å². The summed E-state index contributed by atoms with van der Waals surface area (Å²) < 4.78 is 19.3. The van der Waals surface area contributed by atoms with Gasteiger partial charge in [0, 0.05) is 18.1 Å². The molecule has 5 nitrogen and oxygen atoms in total. The van der Waals surface area contributed by atoms with Crippen molar-refractivity contribution in [1.82, 2.24) is 10.2 Å². The van der Waals surface area contributed by atoms with Gasteiger partial charge >= 0.3 is 0 Å². The largest absolute Gasteiger partial charge is 0.484 e. The van der Waals surface area contributed by atoms with Crippen LogP contribution >= 0.6 is 15.9 Å². The van der Waals surface area contributed by atoms with E-state index in [0.29, 0.717) is 5.75 Å². The quantitative estimate of drug-likeness (QED) is 0.745. The van der Waals surface area contributed by atoms with Gasteiger partial charge in [-0.1, -0.05) is 28.1 Å². The summed E-state index contributed by atoms with van der Waals surface area (Å²) in [5, 5.41) is 2.55. The second-order valence-electron chi connectivity index (χ2n) is 5.68. The van der Waals surface area contributed by atoms with E-state index in [0.717, 1.165) is 10.0 Å². The number of nitrogens with one attached hydrogen (secondary N) is 1. The molecule has 0 aliphatic carbocycles. The molecule has 26 heavy (non-hydrogen) atoms. The van der Waals surface area contributed by atoms with Crippen molar-refractivity contribution < 1.29 is 18.7 Å². The van der Waals surface area contributed by atoms with E-state index < -0.39 is 6.04 Å². The minimum absolute atomic E-state index is 0.249. The third kappa shape index (κ3) is 5.56. The van der Waals surface area contributed by atoms with Crippen LogP contribution in [0.3, 0.4) is 0 Å². The normalized spacial score (nSPS) is 11.5. The Morgan fingerprint density at radius 2 is 1.92 bits per heavy atom. The molecular formula is C19H20BrFN2O3. The van der Waals surface area contributed by atoms with Crippen molar-refractivity contribution in [3.63, 3.8) is 0 Å². The topological polar surface area (TPSA) is 58.6 Å². The summed E-state index contributed by atoms with van der Waals surface area (Å²) in [5.74, 6) is -0.608. The lowest BCUT2D eigenvalue weighted by atomic mass is 10.1. The summed E-state index contributed by atoms with van der Waals surface area (Å²) in [4.78, 5) is 26.1. The van der Waals surface area contributed by atoms with Crippen LogP contribution in [0.15, 0.2) is 53.0 Å². The van der Waals surface area contributed by atoms with E-state index in [4.69, 9.17) is 4.74 Å². The van der Waals surface area contributed by atoms with Gasteiger partial charge in [0.25, 0.3) is 5.91 Å². The number of hydrogen-bond acceptors (Lipinski definition) is 3. The predicted molar refractivity (Wildman–Crippen MR) is 100 cm³/mol. The van der Waals surface area contributed by atoms with Crippen LogP contribution in [0, 0.1) is 5.82 Å². The van der Waals surface area contributed by atoms with E-state index in [2.05, 4.69) is 21.2 Å². The molecule has 1 atom stereocenters. The molecule has 0 bridgehead atoms. The molecule has 2 amide bonds. The van der Waals surface area contributed by atoms with Gasteiger partial charge in [-0.3, -0.25) is 9.59 Å². The molecule has 138 valence electrons. The number of carbonyl (C=O) groups excluding carboxylic acids is 2. The Hall–Kier alpha value is -2.41. The SMILES string of the molecule is CNC(=O)C(C)N(Cc1cccc(Br)c1)C(=O)COc1ccc(F)cc1. The van der Waals surface area contributed by atoms with E-state index in [-0.39, 0.29) is 30.8 Å². The van der Waals surface area contributed by atoms with Crippen molar-refractivity contribution in [3.05, 3.63) is 64.4 Å². The van der Waals surface area contributed by atoms with Gasteiger partial charge in [-0.2, -0.15) is 0 Å². The number of rotatable bonds is 7. The summed E-state index contributed by atoms with van der Waals surface area (Å²) in [6.07, 6.45) is 0. The number of amides is 2. The van der Waals surface area contributed by atoms with Crippen LogP contribution in [0.5, 0.6) is 5.75 Å². The van der Waals surface area contributed by atoms with Gasteiger partial charge in [-0.05, 0) is 48.9 Å². The second kappa shape index (κ2) is 9.33. The average molecular weight is 423 g/mol. The van der Waals surface area contributed by atoms with Crippen LogP contribution in [-0.4, -0.2) is 36.4 Å². The first-order valence-electron chi connectivity index (χ1n) is 8.04. The van der Waals surface area contributed by atoms with E-state index in [1.54, 1.807) is 6.92 Å². The summed E-state index contributed by atoms with van der Waals surface area (Å²) in [7, 11) is 1.52. The molecule has 0 fully saturated rings. The highest BCUT2D eigenvalue weighted by molar-refractivity contribution is 9.10. The first kappa shape index (κ1) is 19.9. The van der Waals surface area contributed by atoms with Gasteiger partial charge in [0.2, 0.25) is 5.91 Å². The van der Waals surface area contributed by atoms with Gasteiger partial charge in [-0.25, -0.2) is 4.39 Å². The number of nitrogens with zero attached hydrogens (tertiary/aromatic N) is 1. The molecule has 0 radical (unpaired) electrons. The van der Waals surface area contributed by atoms with E-state index in [1.165, 1.54) is 36.2 Å². The molecule has 1 N–H and O–H groups in total. The van der Waals surface area contributed by atoms with Crippen LogP contribution in [0.4, 0.5) is 4.39 Å². The molecule has 2 rings (SSSR count). The lowest BCUT2D eigenvalue weighted by Crippen LogP contribution is -2.48. The Morgan fingerprint density at radius 1 is 1.23 bits per heavy atom. The first-order chi connectivity index (χ1) is 12.4. The zero-order chi connectivity index (χ0) is 19.1. The van der Waals surface area contributed by atoms with Crippen molar-refractivity contribution in [1.29, 1.82) is 0 Å². The van der Waals surface area contributed by atoms with E-state index in [1.807, 2.05) is 24.3 Å². The fourth-order valence-electron chi connectivity index (χ4n) is 2.38. The molecule has 0 aliphatic rings. The predicted octanol–water partition coefficient (Wildman–Crippen LogP) is 3.13. The summed E-state index contributed by atoms with van der Waals surface area (Å²) in [6, 6.07) is 12.3. The number of hydrogen-bond donors (Lipinski definition) is 1. The fraction of sp³-hybridized carbons (Fsp3) is 0.263. The molecule has 2 aromatic rings. The number of benzene rings is 2. The molecule has 2 aromatic carbocycles. The Morgan fingerprint density at radius 3 is 2.54 bits per heavy atom. The second-order valence-corrected chi connectivity index (χ2v) is 6.60. The first-order valence-corrected chi connectivity index (χ1v) is 8.84. The summed E-state index contributed by atoms with van der Waals surface area (Å²) >= 11 is 3.40. The number of carbonyl (C=O) groups is 2. The lowest BCUT2D eigenvalue weighted by molar-refractivity contribution is -0.142. The lowest BCUT2D eigenvalue weighted by Gasteiger charge is -2.28.